The summed E-state index contributed by atoms with van der Waals surface area (Å²) in [5.41, 5.74) is 5.92. The summed E-state index contributed by atoms with van der Waals surface area (Å²) in [7, 11) is 0. The summed E-state index contributed by atoms with van der Waals surface area (Å²) in [5.74, 6) is -0.927. The van der Waals surface area contributed by atoms with Crippen molar-refractivity contribution >= 4 is 41.0 Å². The lowest BCUT2D eigenvalue weighted by Gasteiger charge is -2.32. The van der Waals surface area contributed by atoms with Crippen LogP contribution in [-0.4, -0.2) is 33.8 Å². The number of esters is 1. The largest absolute Gasteiger partial charge is 0.465 e. The molecule has 1 saturated heterocycles. The highest BCUT2D eigenvalue weighted by atomic mass is 32.2. The fourth-order valence-corrected chi connectivity index (χ4v) is 3.88. The molecule has 1 aliphatic heterocycles. The van der Waals surface area contributed by atoms with Crippen molar-refractivity contribution in [2.75, 3.05) is 12.3 Å². The van der Waals surface area contributed by atoms with Crippen LogP contribution in [0.2, 0.25) is 0 Å². The highest BCUT2D eigenvalue weighted by Crippen LogP contribution is 2.35. The standard InChI is InChI=1S/C14H16N6O3S2/c1-2-23-11(21)9-7(6-25-14-18-12(15)19-20-14)16-13(22)17-10(9)8-4-3-5-24-8/h3-6,9-10H,2H2,1H3,(H2,16,17,22)(H3,15,18,19,20)/b7-6+/t9-,10-/m0/s1. The fourth-order valence-electron chi connectivity index (χ4n) is 2.38. The van der Waals surface area contributed by atoms with E-state index in [9.17, 15) is 9.59 Å². The molecule has 9 nitrogen and oxygen atoms in total. The first-order valence-corrected chi connectivity index (χ1v) is 9.16. The van der Waals surface area contributed by atoms with Crippen LogP contribution < -0.4 is 16.4 Å². The van der Waals surface area contributed by atoms with Gasteiger partial charge < -0.3 is 21.1 Å². The molecule has 2 aromatic heterocycles. The average molecular weight is 380 g/mol. The van der Waals surface area contributed by atoms with Crippen LogP contribution in [0.1, 0.15) is 17.8 Å². The van der Waals surface area contributed by atoms with E-state index in [4.69, 9.17) is 10.5 Å². The average Bonchev–Trinajstić information content (AvgIpc) is 3.24. The number of amides is 2. The van der Waals surface area contributed by atoms with Crippen molar-refractivity contribution in [1.82, 2.24) is 25.8 Å². The number of carbonyl (C=O) groups excluding carboxylic acids is 2. The number of rotatable bonds is 5. The normalized spacial score (nSPS) is 21.6. The van der Waals surface area contributed by atoms with E-state index in [0.717, 1.165) is 16.6 Å². The summed E-state index contributed by atoms with van der Waals surface area (Å²) >= 11 is 2.61. The molecule has 0 saturated carbocycles. The maximum Gasteiger partial charge on any atom is 0.319 e. The van der Waals surface area contributed by atoms with Crippen LogP contribution in [0, 0.1) is 5.92 Å². The van der Waals surface area contributed by atoms with Gasteiger partial charge in [0, 0.05) is 10.6 Å². The van der Waals surface area contributed by atoms with Crippen molar-refractivity contribution in [3.8, 4) is 0 Å². The number of nitrogens with two attached hydrogens (primary N) is 1. The molecular formula is C14H16N6O3S2. The van der Waals surface area contributed by atoms with Gasteiger partial charge in [-0.1, -0.05) is 17.8 Å². The number of nitrogen functional groups attached to an aromatic ring is 1. The number of hydrogen-bond acceptors (Lipinski definition) is 8. The second kappa shape index (κ2) is 7.57. The third kappa shape index (κ3) is 3.94. The highest BCUT2D eigenvalue weighted by Gasteiger charge is 2.40. The number of aromatic amines is 1. The summed E-state index contributed by atoms with van der Waals surface area (Å²) in [6.07, 6.45) is 0. The maximum atomic E-state index is 12.5. The van der Waals surface area contributed by atoms with Gasteiger partial charge in [-0.3, -0.25) is 4.79 Å². The molecule has 0 aromatic carbocycles. The van der Waals surface area contributed by atoms with E-state index in [1.807, 2.05) is 17.5 Å². The minimum atomic E-state index is -0.694. The minimum Gasteiger partial charge on any atom is -0.465 e. The molecule has 5 N–H and O–H groups in total. The Balaban J connectivity index is 1.91. The molecule has 3 rings (SSSR count). The van der Waals surface area contributed by atoms with Gasteiger partial charge in [0.1, 0.15) is 5.92 Å². The number of nitrogens with one attached hydrogen (secondary N) is 3. The predicted molar refractivity (Wildman–Crippen MR) is 93.6 cm³/mol. The van der Waals surface area contributed by atoms with E-state index in [-0.39, 0.29) is 18.6 Å². The molecule has 3 heterocycles. The van der Waals surface area contributed by atoms with Crippen molar-refractivity contribution < 1.29 is 14.3 Å². The number of aromatic nitrogens is 3. The predicted octanol–water partition coefficient (Wildman–Crippen LogP) is 1.62. The smallest absolute Gasteiger partial charge is 0.319 e. The lowest BCUT2D eigenvalue weighted by Crippen LogP contribution is -2.51. The molecule has 25 heavy (non-hydrogen) atoms. The third-order valence-corrected chi connectivity index (χ3v) is 5.10. The van der Waals surface area contributed by atoms with E-state index >= 15 is 0 Å². The van der Waals surface area contributed by atoms with Gasteiger partial charge in [0.15, 0.2) is 0 Å². The number of urea groups is 1. The Morgan fingerprint density at radius 3 is 3.04 bits per heavy atom. The number of thioether (sulfide) groups is 1. The quantitative estimate of drug-likeness (QED) is 0.457. The molecule has 0 radical (unpaired) electrons. The molecule has 2 amide bonds. The van der Waals surface area contributed by atoms with E-state index < -0.39 is 17.9 Å². The van der Waals surface area contributed by atoms with Crippen LogP contribution in [-0.2, 0) is 9.53 Å². The van der Waals surface area contributed by atoms with Gasteiger partial charge in [-0.05, 0) is 23.8 Å². The van der Waals surface area contributed by atoms with Crippen molar-refractivity contribution in [1.29, 1.82) is 0 Å². The molecule has 0 unspecified atom stereocenters. The number of anilines is 1. The number of hydrogen-bond donors (Lipinski definition) is 4. The number of carbonyl (C=O) groups is 2. The third-order valence-electron chi connectivity index (χ3n) is 3.38. The summed E-state index contributed by atoms with van der Waals surface area (Å²) in [5, 5.41) is 15.8. The van der Waals surface area contributed by atoms with Crippen LogP contribution in [0.5, 0.6) is 0 Å². The summed E-state index contributed by atoms with van der Waals surface area (Å²) in [6, 6.07) is 2.84. The lowest BCUT2D eigenvalue weighted by atomic mass is 9.93. The molecule has 0 bridgehead atoms. The second-order valence-corrected chi connectivity index (χ2v) is 6.83. The number of nitrogens with zero attached hydrogens (tertiary/aromatic N) is 2. The van der Waals surface area contributed by atoms with Gasteiger partial charge in [0.2, 0.25) is 11.1 Å². The SMILES string of the molecule is CCOC(=O)[C@H]1/C(=C\Sc2n[nH]c(N)n2)NC(=O)N[C@H]1c1cccs1. The zero-order valence-corrected chi connectivity index (χ0v) is 14.8. The summed E-state index contributed by atoms with van der Waals surface area (Å²) < 4.78 is 5.20. The van der Waals surface area contributed by atoms with Crippen LogP contribution in [0.25, 0.3) is 0 Å². The molecule has 2 atom stereocenters. The Hall–Kier alpha value is -2.53. The van der Waals surface area contributed by atoms with Gasteiger partial charge in [-0.25, -0.2) is 9.89 Å². The summed E-state index contributed by atoms with van der Waals surface area (Å²) in [4.78, 5) is 29.4. The van der Waals surface area contributed by atoms with Crippen molar-refractivity contribution in [3.05, 3.63) is 33.5 Å². The first-order chi connectivity index (χ1) is 12.1. The van der Waals surface area contributed by atoms with Crippen molar-refractivity contribution in [2.24, 2.45) is 5.92 Å². The zero-order valence-electron chi connectivity index (χ0n) is 13.2. The Labute approximate surface area is 151 Å². The second-order valence-electron chi connectivity index (χ2n) is 5.02. The molecular weight excluding hydrogens is 364 g/mol. The van der Waals surface area contributed by atoms with Crippen LogP contribution in [0.4, 0.5) is 10.7 Å². The Kier molecular flexibility index (Phi) is 5.24. The van der Waals surface area contributed by atoms with Crippen molar-refractivity contribution in [2.45, 2.75) is 18.1 Å². The monoisotopic (exact) mass is 380 g/mol. The van der Waals surface area contributed by atoms with Gasteiger partial charge >= 0.3 is 12.0 Å². The van der Waals surface area contributed by atoms with E-state index in [0.29, 0.717) is 10.9 Å². The van der Waals surface area contributed by atoms with Gasteiger partial charge in [-0.2, -0.15) is 4.98 Å². The van der Waals surface area contributed by atoms with Crippen LogP contribution >= 0.6 is 23.1 Å². The van der Waals surface area contributed by atoms with Crippen molar-refractivity contribution in [3.63, 3.8) is 0 Å². The molecule has 0 aliphatic carbocycles. The highest BCUT2D eigenvalue weighted by molar-refractivity contribution is 8.02. The molecule has 132 valence electrons. The van der Waals surface area contributed by atoms with Gasteiger partial charge in [0.25, 0.3) is 0 Å². The fraction of sp³-hybridized carbons (Fsp3) is 0.286. The number of H-pyrrole nitrogens is 1. The molecule has 2 aromatic rings. The van der Waals surface area contributed by atoms with Crippen LogP contribution in [0.3, 0.4) is 0 Å². The lowest BCUT2D eigenvalue weighted by molar-refractivity contribution is -0.147. The number of thiophene rings is 1. The minimum absolute atomic E-state index is 0.189. The Morgan fingerprint density at radius 2 is 2.40 bits per heavy atom. The van der Waals surface area contributed by atoms with E-state index in [2.05, 4.69) is 25.8 Å². The van der Waals surface area contributed by atoms with Crippen LogP contribution in [0.15, 0.2) is 33.8 Å². The van der Waals surface area contributed by atoms with Gasteiger partial charge in [0.05, 0.1) is 12.6 Å². The molecule has 0 spiro atoms. The Bertz CT molecular complexity index is 788. The zero-order chi connectivity index (χ0) is 17.8. The molecule has 1 fully saturated rings. The number of ether oxygens (including phenoxy) is 1. The van der Waals surface area contributed by atoms with E-state index in [1.165, 1.54) is 11.3 Å². The topological polar surface area (TPSA) is 135 Å². The Morgan fingerprint density at radius 1 is 1.56 bits per heavy atom. The summed E-state index contributed by atoms with van der Waals surface area (Å²) in [6.45, 7) is 1.99. The van der Waals surface area contributed by atoms with E-state index in [1.54, 1.807) is 12.3 Å². The van der Waals surface area contributed by atoms with Gasteiger partial charge in [-0.15, -0.1) is 16.4 Å². The molecule has 1 aliphatic rings. The first-order valence-electron chi connectivity index (χ1n) is 7.40. The molecule has 11 heteroatoms. The first kappa shape index (κ1) is 17.3. The maximum absolute atomic E-state index is 12.5.